The molecule has 22 heavy (non-hydrogen) atoms. The largest absolute Gasteiger partial charge is 0.508 e. The van der Waals surface area contributed by atoms with Gasteiger partial charge in [0, 0.05) is 18.1 Å². The first-order valence-electron chi connectivity index (χ1n) is 6.48. The van der Waals surface area contributed by atoms with Gasteiger partial charge in [-0.25, -0.2) is 0 Å². The number of aromatic hydroxyl groups is 4. The smallest absolute Gasteiger partial charge is 0.163 e. The molecule has 2 aromatic carbocycles. The quantitative estimate of drug-likeness (QED) is 0.513. The fraction of sp³-hybridized carbons (Fsp3) is 0.188. The van der Waals surface area contributed by atoms with Gasteiger partial charge in [-0.2, -0.15) is 0 Å². The fourth-order valence-electron chi connectivity index (χ4n) is 2.30. The van der Waals surface area contributed by atoms with Crippen LogP contribution in [0.25, 0.3) is 0 Å². The SMILES string of the molecule is CC(=O)c1c(O)cc(O)c(Cl)c1Cc1cc(O)c(C)cc1O. The Bertz CT molecular complexity index is 768. The van der Waals surface area contributed by atoms with Crippen molar-refractivity contribution in [2.24, 2.45) is 0 Å². The number of hydrogen-bond donors (Lipinski definition) is 4. The van der Waals surface area contributed by atoms with E-state index in [2.05, 4.69) is 0 Å². The summed E-state index contributed by atoms with van der Waals surface area (Å²) in [4.78, 5) is 11.7. The van der Waals surface area contributed by atoms with Gasteiger partial charge in [-0.1, -0.05) is 11.6 Å². The van der Waals surface area contributed by atoms with Crippen LogP contribution >= 0.6 is 11.6 Å². The molecular formula is C16H15ClO5. The molecule has 2 rings (SSSR count). The van der Waals surface area contributed by atoms with Crippen LogP contribution in [-0.2, 0) is 6.42 Å². The van der Waals surface area contributed by atoms with Gasteiger partial charge in [-0.3, -0.25) is 4.79 Å². The molecule has 6 heteroatoms. The van der Waals surface area contributed by atoms with Gasteiger partial charge >= 0.3 is 0 Å². The average molecular weight is 323 g/mol. The number of halogens is 1. The van der Waals surface area contributed by atoms with Crippen LogP contribution in [0.5, 0.6) is 23.0 Å². The van der Waals surface area contributed by atoms with Crippen LogP contribution in [-0.4, -0.2) is 26.2 Å². The number of ketones is 1. The minimum atomic E-state index is -0.426. The predicted octanol–water partition coefficient (Wildman–Crippen LogP) is 3.26. The first-order valence-corrected chi connectivity index (χ1v) is 6.85. The summed E-state index contributed by atoms with van der Waals surface area (Å²) in [6, 6.07) is 3.73. The molecule has 0 saturated heterocycles. The Labute approximate surface area is 132 Å². The summed E-state index contributed by atoms with van der Waals surface area (Å²) < 4.78 is 0. The highest BCUT2D eigenvalue weighted by atomic mass is 35.5. The van der Waals surface area contributed by atoms with Gasteiger partial charge in [0.05, 0.1) is 10.6 Å². The lowest BCUT2D eigenvalue weighted by Crippen LogP contribution is -2.03. The summed E-state index contributed by atoms with van der Waals surface area (Å²) in [5.41, 5.74) is 0.975. The second-order valence-electron chi connectivity index (χ2n) is 5.08. The van der Waals surface area contributed by atoms with Crippen molar-refractivity contribution in [2.75, 3.05) is 0 Å². The van der Waals surface area contributed by atoms with Gasteiger partial charge in [0.25, 0.3) is 0 Å². The highest BCUT2D eigenvalue weighted by Crippen LogP contribution is 2.39. The van der Waals surface area contributed by atoms with Gasteiger partial charge in [0.1, 0.15) is 23.0 Å². The van der Waals surface area contributed by atoms with E-state index in [1.54, 1.807) is 6.92 Å². The van der Waals surface area contributed by atoms with E-state index < -0.39 is 5.78 Å². The van der Waals surface area contributed by atoms with E-state index in [4.69, 9.17) is 11.6 Å². The maximum Gasteiger partial charge on any atom is 0.163 e. The van der Waals surface area contributed by atoms with Gasteiger partial charge < -0.3 is 20.4 Å². The normalized spacial score (nSPS) is 10.7. The molecule has 0 amide bonds. The second kappa shape index (κ2) is 5.77. The molecular weight excluding hydrogens is 308 g/mol. The van der Waals surface area contributed by atoms with Gasteiger partial charge in [0.15, 0.2) is 5.78 Å². The van der Waals surface area contributed by atoms with Crippen LogP contribution in [0.2, 0.25) is 5.02 Å². The van der Waals surface area contributed by atoms with Crippen molar-refractivity contribution < 1.29 is 25.2 Å². The molecule has 2 aromatic rings. The number of phenols is 4. The Morgan fingerprint density at radius 1 is 1.00 bits per heavy atom. The molecule has 5 nitrogen and oxygen atoms in total. The number of hydrogen-bond acceptors (Lipinski definition) is 5. The Hall–Kier alpha value is -2.40. The van der Waals surface area contributed by atoms with Gasteiger partial charge in [-0.15, -0.1) is 0 Å². The van der Waals surface area contributed by atoms with Crippen molar-refractivity contribution in [1.29, 1.82) is 0 Å². The standard InChI is InChI=1S/C16H15ClO5/c1-7-3-12(20)9(5-11(7)19)4-10-15(8(2)18)13(21)6-14(22)16(10)17/h3,5-6,19-22H,4H2,1-2H3. The molecule has 4 N–H and O–H groups in total. The third-order valence-electron chi connectivity index (χ3n) is 3.44. The first-order chi connectivity index (χ1) is 10.2. The lowest BCUT2D eigenvalue weighted by atomic mass is 9.95. The topological polar surface area (TPSA) is 98.0 Å². The summed E-state index contributed by atoms with van der Waals surface area (Å²) in [7, 11) is 0. The van der Waals surface area contributed by atoms with Crippen molar-refractivity contribution in [3.63, 3.8) is 0 Å². The zero-order valence-corrected chi connectivity index (χ0v) is 12.8. The van der Waals surface area contributed by atoms with Crippen LogP contribution in [0, 0.1) is 6.92 Å². The monoisotopic (exact) mass is 322 g/mol. The Morgan fingerprint density at radius 3 is 2.23 bits per heavy atom. The number of rotatable bonds is 3. The van der Waals surface area contributed by atoms with E-state index >= 15 is 0 Å². The molecule has 0 unspecified atom stereocenters. The molecule has 116 valence electrons. The van der Waals surface area contributed by atoms with Gasteiger partial charge in [-0.05, 0) is 37.1 Å². The summed E-state index contributed by atoms with van der Waals surface area (Å²) in [5.74, 6) is -1.28. The van der Waals surface area contributed by atoms with Crippen LogP contribution in [0.4, 0.5) is 0 Å². The minimum Gasteiger partial charge on any atom is -0.508 e. The lowest BCUT2D eigenvalue weighted by Gasteiger charge is -2.14. The summed E-state index contributed by atoms with van der Waals surface area (Å²) in [6.45, 7) is 2.89. The fourth-order valence-corrected chi connectivity index (χ4v) is 2.52. The second-order valence-corrected chi connectivity index (χ2v) is 5.46. The molecule has 0 aliphatic carbocycles. The van der Waals surface area contributed by atoms with Gasteiger partial charge in [0.2, 0.25) is 0 Å². The van der Waals surface area contributed by atoms with E-state index in [0.717, 1.165) is 6.07 Å². The maximum absolute atomic E-state index is 11.7. The zero-order chi connectivity index (χ0) is 16.6. The lowest BCUT2D eigenvalue weighted by molar-refractivity contribution is 0.101. The van der Waals surface area contributed by atoms with Crippen molar-refractivity contribution in [3.8, 4) is 23.0 Å². The maximum atomic E-state index is 11.7. The zero-order valence-electron chi connectivity index (χ0n) is 12.0. The molecule has 0 heterocycles. The van der Waals surface area contributed by atoms with Crippen molar-refractivity contribution in [2.45, 2.75) is 20.3 Å². The van der Waals surface area contributed by atoms with Crippen molar-refractivity contribution in [1.82, 2.24) is 0 Å². The number of phenolic OH excluding ortho intramolecular Hbond substituents is 4. The summed E-state index contributed by atoms with van der Waals surface area (Å²) in [6.07, 6.45) is -0.0324. The third kappa shape index (κ3) is 2.80. The summed E-state index contributed by atoms with van der Waals surface area (Å²) in [5, 5.41) is 39.2. The molecule has 0 aliphatic rings. The molecule has 0 bridgehead atoms. The highest BCUT2D eigenvalue weighted by molar-refractivity contribution is 6.33. The van der Waals surface area contributed by atoms with E-state index in [9.17, 15) is 25.2 Å². The molecule has 0 fully saturated rings. The molecule has 0 atom stereocenters. The van der Waals surface area contributed by atoms with E-state index in [-0.39, 0.29) is 45.6 Å². The van der Waals surface area contributed by atoms with E-state index in [1.807, 2.05) is 0 Å². The van der Waals surface area contributed by atoms with Crippen LogP contribution in [0.3, 0.4) is 0 Å². The van der Waals surface area contributed by atoms with Crippen molar-refractivity contribution >= 4 is 17.4 Å². The number of benzene rings is 2. The molecule has 0 spiro atoms. The van der Waals surface area contributed by atoms with E-state index in [0.29, 0.717) is 11.1 Å². The number of Topliss-reactive ketones (excluding diaryl/α,β-unsaturated/α-hetero) is 1. The van der Waals surface area contributed by atoms with Crippen LogP contribution < -0.4 is 0 Å². The number of carbonyl (C=O) groups excluding carboxylic acids is 1. The number of aryl methyl sites for hydroxylation is 1. The first kappa shape index (κ1) is 16.0. The molecule has 0 radical (unpaired) electrons. The highest BCUT2D eigenvalue weighted by Gasteiger charge is 2.21. The Kier molecular flexibility index (Phi) is 4.19. The summed E-state index contributed by atoms with van der Waals surface area (Å²) >= 11 is 6.03. The van der Waals surface area contributed by atoms with Crippen LogP contribution in [0.15, 0.2) is 18.2 Å². The predicted molar refractivity (Wildman–Crippen MR) is 82.1 cm³/mol. The Balaban J connectivity index is 2.63. The molecule has 0 saturated carbocycles. The minimum absolute atomic E-state index is 0.0160. The third-order valence-corrected chi connectivity index (χ3v) is 3.86. The van der Waals surface area contributed by atoms with Crippen molar-refractivity contribution in [3.05, 3.63) is 45.5 Å². The average Bonchev–Trinajstić information content (AvgIpc) is 2.41. The Morgan fingerprint density at radius 2 is 1.64 bits per heavy atom. The molecule has 0 aliphatic heterocycles. The number of carbonyl (C=O) groups is 1. The van der Waals surface area contributed by atoms with E-state index in [1.165, 1.54) is 19.1 Å². The molecule has 0 aromatic heterocycles. The van der Waals surface area contributed by atoms with Crippen LogP contribution in [0.1, 0.15) is 34.0 Å².